The third-order valence-corrected chi connectivity index (χ3v) is 3.64. The van der Waals surface area contributed by atoms with Crippen molar-refractivity contribution in [3.63, 3.8) is 0 Å². The summed E-state index contributed by atoms with van der Waals surface area (Å²) < 4.78 is 24.8. The van der Waals surface area contributed by atoms with E-state index in [0.717, 1.165) is 19.3 Å². The Kier molecular flexibility index (Phi) is 9.01. The average molecular weight is 265 g/mol. The number of carbonyl (C=O) groups is 1. The van der Waals surface area contributed by atoms with Gasteiger partial charge < -0.3 is 11.1 Å². The SMILES string of the molecule is CCNS(=O)(=O)CCNC(=O)CCCCCN. The highest BCUT2D eigenvalue weighted by Crippen LogP contribution is 1.97. The third kappa shape index (κ3) is 10.2. The van der Waals surface area contributed by atoms with E-state index in [1.807, 2.05) is 0 Å². The van der Waals surface area contributed by atoms with Crippen LogP contribution >= 0.6 is 0 Å². The number of unbranched alkanes of at least 4 members (excludes halogenated alkanes) is 2. The topological polar surface area (TPSA) is 101 Å². The molecule has 1 amide bonds. The van der Waals surface area contributed by atoms with E-state index in [2.05, 4.69) is 10.0 Å². The summed E-state index contributed by atoms with van der Waals surface area (Å²) in [6, 6.07) is 0. The maximum absolute atomic E-state index is 11.3. The molecule has 0 aliphatic heterocycles. The van der Waals surface area contributed by atoms with E-state index in [0.29, 0.717) is 19.5 Å². The highest BCUT2D eigenvalue weighted by Gasteiger charge is 2.08. The van der Waals surface area contributed by atoms with Crippen molar-refractivity contribution in [2.45, 2.75) is 32.6 Å². The molecule has 4 N–H and O–H groups in total. The Hall–Kier alpha value is -0.660. The molecule has 0 fully saturated rings. The van der Waals surface area contributed by atoms with Gasteiger partial charge in [0.1, 0.15) is 0 Å². The molecule has 0 spiro atoms. The third-order valence-electron chi connectivity index (χ3n) is 2.17. The summed E-state index contributed by atoms with van der Waals surface area (Å²) in [5, 5.41) is 2.58. The second-order valence-electron chi connectivity index (χ2n) is 3.77. The van der Waals surface area contributed by atoms with E-state index in [9.17, 15) is 13.2 Å². The van der Waals surface area contributed by atoms with Crippen LogP contribution < -0.4 is 15.8 Å². The lowest BCUT2D eigenvalue weighted by molar-refractivity contribution is -0.121. The molecule has 0 aromatic carbocycles. The van der Waals surface area contributed by atoms with Gasteiger partial charge in [-0.2, -0.15) is 0 Å². The molecular weight excluding hydrogens is 242 g/mol. The van der Waals surface area contributed by atoms with Crippen molar-refractivity contribution in [3.8, 4) is 0 Å². The molecule has 7 heteroatoms. The van der Waals surface area contributed by atoms with Crippen molar-refractivity contribution >= 4 is 15.9 Å². The zero-order chi connectivity index (χ0) is 13.1. The molecule has 0 atom stereocenters. The summed E-state index contributed by atoms with van der Waals surface area (Å²) in [4.78, 5) is 11.3. The van der Waals surface area contributed by atoms with Gasteiger partial charge in [0.25, 0.3) is 0 Å². The summed E-state index contributed by atoms with van der Waals surface area (Å²) in [6.45, 7) is 2.89. The molecule has 0 aliphatic rings. The fourth-order valence-electron chi connectivity index (χ4n) is 1.31. The Balaban J connectivity index is 3.57. The van der Waals surface area contributed by atoms with E-state index in [4.69, 9.17) is 5.73 Å². The Morgan fingerprint density at radius 2 is 1.94 bits per heavy atom. The molecule has 0 aliphatic carbocycles. The maximum atomic E-state index is 11.3. The van der Waals surface area contributed by atoms with Gasteiger partial charge in [0, 0.05) is 19.5 Å². The van der Waals surface area contributed by atoms with Crippen LogP contribution in [0.2, 0.25) is 0 Å². The van der Waals surface area contributed by atoms with Crippen LogP contribution in [0, 0.1) is 0 Å². The smallest absolute Gasteiger partial charge is 0.220 e. The van der Waals surface area contributed by atoms with Crippen LogP contribution in [0.25, 0.3) is 0 Å². The second kappa shape index (κ2) is 9.38. The lowest BCUT2D eigenvalue weighted by Crippen LogP contribution is -2.34. The van der Waals surface area contributed by atoms with Crippen LogP contribution in [0.1, 0.15) is 32.6 Å². The van der Waals surface area contributed by atoms with Crippen molar-refractivity contribution in [1.82, 2.24) is 10.0 Å². The largest absolute Gasteiger partial charge is 0.355 e. The van der Waals surface area contributed by atoms with E-state index in [1.54, 1.807) is 6.92 Å². The minimum atomic E-state index is -3.24. The Morgan fingerprint density at radius 3 is 2.53 bits per heavy atom. The van der Waals surface area contributed by atoms with Crippen molar-refractivity contribution in [2.24, 2.45) is 5.73 Å². The van der Waals surface area contributed by atoms with Gasteiger partial charge in [0.05, 0.1) is 5.75 Å². The van der Waals surface area contributed by atoms with E-state index >= 15 is 0 Å². The number of hydrogen-bond acceptors (Lipinski definition) is 4. The molecule has 0 radical (unpaired) electrons. The molecule has 0 saturated carbocycles. The van der Waals surface area contributed by atoms with Crippen LogP contribution in [-0.2, 0) is 14.8 Å². The maximum Gasteiger partial charge on any atom is 0.220 e. The number of nitrogens with two attached hydrogens (primary N) is 1. The minimum Gasteiger partial charge on any atom is -0.355 e. The molecular formula is C10H23N3O3S. The molecule has 0 aromatic rings. The summed E-state index contributed by atoms with van der Waals surface area (Å²) in [7, 11) is -3.24. The van der Waals surface area contributed by atoms with Crippen LogP contribution in [-0.4, -0.2) is 39.7 Å². The predicted molar refractivity (Wildman–Crippen MR) is 68.0 cm³/mol. The van der Waals surface area contributed by atoms with Gasteiger partial charge >= 0.3 is 0 Å². The molecule has 0 rings (SSSR count). The lowest BCUT2D eigenvalue weighted by atomic mass is 10.2. The molecule has 0 unspecified atom stereocenters. The average Bonchev–Trinajstić information content (AvgIpc) is 2.24. The number of hydrogen-bond donors (Lipinski definition) is 3. The number of amides is 1. The van der Waals surface area contributed by atoms with Gasteiger partial charge in [0.2, 0.25) is 15.9 Å². The van der Waals surface area contributed by atoms with E-state index in [1.165, 1.54) is 0 Å². The lowest BCUT2D eigenvalue weighted by Gasteiger charge is -2.06. The normalized spacial score (nSPS) is 11.4. The number of carbonyl (C=O) groups excluding carboxylic acids is 1. The summed E-state index contributed by atoms with van der Waals surface area (Å²) in [6.07, 6.45) is 3.08. The second-order valence-corrected chi connectivity index (χ2v) is 5.69. The zero-order valence-corrected chi connectivity index (χ0v) is 11.2. The monoisotopic (exact) mass is 265 g/mol. The van der Waals surface area contributed by atoms with Gasteiger partial charge in [-0.05, 0) is 19.4 Å². The number of rotatable bonds is 10. The van der Waals surface area contributed by atoms with Crippen LogP contribution in [0.3, 0.4) is 0 Å². The molecule has 102 valence electrons. The van der Waals surface area contributed by atoms with E-state index in [-0.39, 0.29) is 18.2 Å². The first-order valence-electron chi connectivity index (χ1n) is 5.96. The Labute approximate surface area is 103 Å². The first-order chi connectivity index (χ1) is 8.02. The highest BCUT2D eigenvalue weighted by atomic mass is 32.2. The van der Waals surface area contributed by atoms with Crippen molar-refractivity contribution in [2.75, 3.05) is 25.4 Å². The summed E-state index contributed by atoms with van der Waals surface area (Å²) in [5.74, 6) is -0.177. The molecule has 0 saturated heterocycles. The molecule has 0 bridgehead atoms. The first-order valence-corrected chi connectivity index (χ1v) is 7.61. The van der Waals surface area contributed by atoms with E-state index < -0.39 is 10.0 Å². The standard InChI is InChI=1S/C10H23N3O3S/c1-2-13-17(15,16)9-8-12-10(14)6-4-3-5-7-11/h13H,2-9,11H2,1H3,(H,12,14). The fraction of sp³-hybridized carbons (Fsp3) is 0.900. The highest BCUT2D eigenvalue weighted by molar-refractivity contribution is 7.89. The van der Waals surface area contributed by atoms with Gasteiger partial charge in [-0.3, -0.25) is 4.79 Å². The summed E-state index contributed by atoms with van der Waals surface area (Å²) >= 11 is 0. The molecule has 0 heterocycles. The minimum absolute atomic E-state index is 0.0740. The van der Waals surface area contributed by atoms with Crippen LogP contribution in [0.15, 0.2) is 0 Å². The van der Waals surface area contributed by atoms with Crippen LogP contribution in [0.5, 0.6) is 0 Å². The van der Waals surface area contributed by atoms with Gasteiger partial charge in [-0.25, -0.2) is 13.1 Å². The van der Waals surface area contributed by atoms with Gasteiger partial charge in [-0.15, -0.1) is 0 Å². The number of nitrogens with one attached hydrogen (secondary N) is 2. The number of sulfonamides is 1. The zero-order valence-electron chi connectivity index (χ0n) is 10.4. The summed E-state index contributed by atoms with van der Waals surface area (Å²) in [5.41, 5.74) is 5.33. The predicted octanol–water partition coefficient (Wildman–Crippen LogP) is -0.439. The fourth-order valence-corrected chi connectivity index (χ4v) is 2.27. The van der Waals surface area contributed by atoms with Gasteiger partial charge in [-0.1, -0.05) is 13.3 Å². The molecule has 0 aromatic heterocycles. The van der Waals surface area contributed by atoms with Crippen molar-refractivity contribution in [3.05, 3.63) is 0 Å². The quantitative estimate of drug-likeness (QED) is 0.466. The van der Waals surface area contributed by atoms with Crippen molar-refractivity contribution < 1.29 is 13.2 Å². The first kappa shape index (κ1) is 16.3. The Bertz CT molecular complexity index is 304. The Morgan fingerprint density at radius 1 is 1.24 bits per heavy atom. The molecule has 17 heavy (non-hydrogen) atoms. The van der Waals surface area contributed by atoms with Gasteiger partial charge in [0.15, 0.2) is 0 Å². The van der Waals surface area contributed by atoms with Crippen molar-refractivity contribution in [1.29, 1.82) is 0 Å². The van der Waals surface area contributed by atoms with Crippen LogP contribution in [0.4, 0.5) is 0 Å². The molecule has 6 nitrogen and oxygen atoms in total.